The van der Waals surface area contributed by atoms with Crippen molar-refractivity contribution >= 4 is 11.9 Å². The fraction of sp³-hybridized carbons (Fsp3) is 0.688. The van der Waals surface area contributed by atoms with E-state index in [2.05, 4.69) is 46.1 Å². The van der Waals surface area contributed by atoms with Crippen molar-refractivity contribution in [1.29, 1.82) is 0 Å². The standard InChI is InChI=1S/C32H48O6/c1-19(2)22-12-13-24-23(30(22,6)16-15-26(34)35)14-17-31(7)27(25(33)18-32(24,31)8)21(28(36)37)11-10-20(3)29(4,5)38-9/h13-14,21-22,25,27,33H,1,3,10-12,15-18H2,2,4-9H3,(H,34,35)(H,36,37). The largest absolute Gasteiger partial charge is 0.481 e. The lowest BCUT2D eigenvalue weighted by Crippen LogP contribution is -2.48. The van der Waals surface area contributed by atoms with Gasteiger partial charge in [0.25, 0.3) is 0 Å². The average molecular weight is 529 g/mol. The topological polar surface area (TPSA) is 104 Å². The van der Waals surface area contributed by atoms with Crippen molar-refractivity contribution in [3.8, 4) is 0 Å². The van der Waals surface area contributed by atoms with Gasteiger partial charge in [-0.25, -0.2) is 0 Å². The fourth-order valence-electron chi connectivity index (χ4n) is 8.00. The number of methoxy groups -OCH3 is 1. The second kappa shape index (κ2) is 10.4. The summed E-state index contributed by atoms with van der Waals surface area (Å²) in [7, 11) is 1.62. The summed E-state index contributed by atoms with van der Waals surface area (Å²) in [4.78, 5) is 24.2. The smallest absolute Gasteiger partial charge is 0.306 e. The number of carbonyl (C=O) groups is 2. The van der Waals surface area contributed by atoms with E-state index in [1.54, 1.807) is 7.11 Å². The molecule has 3 N–H and O–H groups in total. The van der Waals surface area contributed by atoms with Crippen LogP contribution in [0.1, 0.15) is 86.5 Å². The third kappa shape index (κ3) is 4.83. The minimum absolute atomic E-state index is 0.0763. The Bertz CT molecular complexity index is 1070. The van der Waals surface area contributed by atoms with Gasteiger partial charge in [0.15, 0.2) is 0 Å². The van der Waals surface area contributed by atoms with Crippen LogP contribution in [0.4, 0.5) is 0 Å². The molecule has 0 aromatic carbocycles. The number of hydrogen-bond donors (Lipinski definition) is 3. The number of carboxylic acids is 2. The first-order valence-corrected chi connectivity index (χ1v) is 13.9. The van der Waals surface area contributed by atoms with E-state index in [0.717, 1.165) is 28.7 Å². The number of allylic oxidation sites excluding steroid dienone is 5. The molecule has 0 radical (unpaired) electrons. The van der Waals surface area contributed by atoms with Crippen molar-refractivity contribution in [2.24, 2.45) is 34.0 Å². The monoisotopic (exact) mass is 528 g/mol. The molecule has 0 aromatic heterocycles. The van der Waals surface area contributed by atoms with E-state index in [4.69, 9.17) is 4.74 Å². The predicted octanol–water partition coefficient (Wildman–Crippen LogP) is 6.57. The third-order valence-electron chi connectivity index (χ3n) is 10.9. The summed E-state index contributed by atoms with van der Waals surface area (Å²) in [6.07, 6.45) is 7.09. The molecule has 7 atom stereocenters. The molecule has 3 aliphatic carbocycles. The highest BCUT2D eigenvalue weighted by atomic mass is 16.5. The molecule has 0 heterocycles. The lowest BCUT2D eigenvalue weighted by Gasteiger charge is -2.56. The SMILES string of the molecule is C=C(C)C1CC=C2C(=CCC3(C)C(C(CCC(=C)C(C)(C)OC)C(=O)O)C(O)CC23C)C1(C)CCC(=O)O. The maximum absolute atomic E-state index is 12.7. The first kappa shape index (κ1) is 30.4. The molecule has 3 aliphatic rings. The Kier molecular flexibility index (Phi) is 8.33. The minimum Gasteiger partial charge on any atom is -0.481 e. The molecular formula is C32H48O6. The average Bonchev–Trinajstić information content (AvgIpc) is 3.03. The van der Waals surface area contributed by atoms with Gasteiger partial charge in [-0.2, -0.15) is 0 Å². The molecule has 0 aromatic rings. The van der Waals surface area contributed by atoms with Crippen molar-refractivity contribution in [1.82, 2.24) is 0 Å². The first-order chi connectivity index (χ1) is 17.5. The molecule has 0 spiro atoms. The van der Waals surface area contributed by atoms with Crippen LogP contribution in [-0.2, 0) is 14.3 Å². The van der Waals surface area contributed by atoms with Crippen LogP contribution in [-0.4, -0.2) is 46.1 Å². The molecule has 0 aliphatic heterocycles. The first-order valence-electron chi connectivity index (χ1n) is 13.9. The van der Waals surface area contributed by atoms with Gasteiger partial charge in [0, 0.05) is 24.9 Å². The highest BCUT2D eigenvalue weighted by Crippen LogP contribution is 2.70. The van der Waals surface area contributed by atoms with E-state index in [1.165, 1.54) is 0 Å². The van der Waals surface area contributed by atoms with Crippen LogP contribution >= 0.6 is 0 Å². The Hall–Kier alpha value is -2.18. The van der Waals surface area contributed by atoms with Crippen molar-refractivity contribution in [2.45, 2.75) is 98.2 Å². The maximum atomic E-state index is 12.7. The second-order valence-corrected chi connectivity index (χ2v) is 13.2. The summed E-state index contributed by atoms with van der Waals surface area (Å²) in [6, 6.07) is 0. The third-order valence-corrected chi connectivity index (χ3v) is 10.9. The molecule has 0 saturated heterocycles. The van der Waals surface area contributed by atoms with Gasteiger partial charge >= 0.3 is 11.9 Å². The van der Waals surface area contributed by atoms with Crippen LogP contribution < -0.4 is 0 Å². The number of rotatable bonds is 11. The summed E-state index contributed by atoms with van der Waals surface area (Å²) >= 11 is 0. The Balaban J connectivity index is 2.03. The van der Waals surface area contributed by atoms with Crippen LogP contribution in [0.5, 0.6) is 0 Å². The van der Waals surface area contributed by atoms with E-state index in [9.17, 15) is 24.9 Å². The van der Waals surface area contributed by atoms with Crippen LogP contribution in [0.25, 0.3) is 0 Å². The molecule has 0 amide bonds. The molecule has 0 bridgehead atoms. The van der Waals surface area contributed by atoms with Gasteiger partial charge < -0.3 is 20.1 Å². The summed E-state index contributed by atoms with van der Waals surface area (Å²) < 4.78 is 5.54. The van der Waals surface area contributed by atoms with Crippen LogP contribution in [0.15, 0.2) is 47.6 Å². The molecule has 6 nitrogen and oxygen atoms in total. The zero-order valence-electron chi connectivity index (χ0n) is 24.4. The molecule has 6 heteroatoms. The highest BCUT2D eigenvalue weighted by molar-refractivity contribution is 5.71. The van der Waals surface area contributed by atoms with E-state index < -0.39 is 46.3 Å². The van der Waals surface area contributed by atoms with E-state index >= 15 is 0 Å². The van der Waals surface area contributed by atoms with Gasteiger partial charge in [-0.1, -0.05) is 51.7 Å². The van der Waals surface area contributed by atoms with E-state index in [0.29, 0.717) is 32.1 Å². The summed E-state index contributed by atoms with van der Waals surface area (Å²) in [5.74, 6) is -2.71. The van der Waals surface area contributed by atoms with Gasteiger partial charge in [-0.05, 0) is 92.8 Å². The minimum atomic E-state index is -0.886. The molecule has 1 saturated carbocycles. The van der Waals surface area contributed by atoms with Gasteiger partial charge in [-0.15, -0.1) is 0 Å². The number of aliphatic hydroxyl groups excluding tert-OH is 1. The van der Waals surface area contributed by atoms with Crippen LogP contribution in [0, 0.1) is 34.0 Å². The lowest BCUT2D eigenvalue weighted by molar-refractivity contribution is -0.148. The highest BCUT2D eigenvalue weighted by Gasteiger charge is 2.65. The number of hydrogen-bond acceptors (Lipinski definition) is 4. The Morgan fingerprint density at radius 1 is 1.13 bits per heavy atom. The molecule has 3 rings (SSSR count). The van der Waals surface area contributed by atoms with Gasteiger partial charge in [0.2, 0.25) is 0 Å². The van der Waals surface area contributed by atoms with Gasteiger partial charge in [-0.3, -0.25) is 9.59 Å². The quantitative estimate of drug-likeness (QED) is 0.262. The molecule has 1 fully saturated rings. The van der Waals surface area contributed by atoms with Crippen molar-refractivity contribution in [3.05, 3.63) is 47.6 Å². The number of aliphatic carboxylic acids is 2. The van der Waals surface area contributed by atoms with E-state index in [1.807, 2.05) is 20.8 Å². The lowest BCUT2D eigenvalue weighted by atomic mass is 9.48. The normalized spacial score (nSPS) is 35.4. The molecule has 212 valence electrons. The Labute approximate surface area is 228 Å². The zero-order chi connectivity index (χ0) is 28.8. The summed E-state index contributed by atoms with van der Waals surface area (Å²) in [6.45, 7) is 20.8. The molecule has 38 heavy (non-hydrogen) atoms. The van der Waals surface area contributed by atoms with Crippen molar-refractivity contribution in [3.63, 3.8) is 0 Å². The number of carboxylic acid groups (broad SMARTS) is 2. The number of fused-ring (bicyclic) bond motifs is 3. The van der Waals surface area contributed by atoms with Crippen molar-refractivity contribution in [2.75, 3.05) is 7.11 Å². The Morgan fingerprint density at radius 3 is 2.29 bits per heavy atom. The van der Waals surface area contributed by atoms with Crippen LogP contribution in [0.3, 0.4) is 0 Å². The number of aliphatic hydroxyl groups is 1. The van der Waals surface area contributed by atoms with Crippen molar-refractivity contribution < 1.29 is 29.6 Å². The second-order valence-electron chi connectivity index (χ2n) is 13.2. The van der Waals surface area contributed by atoms with Gasteiger partial charge in [0.1, 0.15) is 0 Å². The zero-order valence-corrected chi connectivity index (χ0v) is 24.4. The molecular weight excluding hydrogens is 480 g/mol. The van der Waals surface area contributed by atoms with Gasteiger partial charge in [0.05, 0.1) is 17.6 Å². The van der Waals surface area contributed by atoms with Crippen LogP contribution in [0.2, 0.25) is 0 Å². The fourth-order valence-corrected chi connectivity index (χ4v) is 8.00. The Morgan fingerprint density at radius 2 is 1.76 bits per heavy atom. The number of ether oxygens (including phenoxy) is 1. The molecule has 7 unspecified atom stereocenters. The summed E-state index contributed by atoms with van der Waals surface area (Å²) in [5, 5.41) is 31.4. The maximum Gasteiger partial charge on any atom is 0.306 e. The predicted molar refractivity (Wildman–Crippen MR) is 150 cm³/mol. The summed E-state index contributed by atoms with van der Waals surface area (Å²) in [5.41, 5.74) is 2.38. The van der Waals surface area contributed by atoms with E-state index in [-0.39, 0.29) is 17.8 Å².